The van der Waals surface area contributed by atoms with Crippen molar-refractivity contribution in [2.45, 2.75) is 76.9 Å². The maximum absolute atomic E-state index is 13.4. The minimum Gasteiger partial charge on any atom is -0.480 e. The molecule has 1 amide bonds. The molecule has 0 spiro atoms. The van der Waals surface area contributed by atoms with Gasteiger partial charge in [-0.05, 0) is 50.5 Å². The predicted octanol–water partition coefficient (Wildman–Crippen LogP) is 2.86. The number of nitrogens with zero attached hydrogens (tertiary/aromatic N) is 2. The van der Waals surface area contributed by atoms with Gasteiger partial charge < -0.3 is 29.6 Å². The Morgan fingerprint density at radius 3 is 2.50 bits per heavy atom. The molecule has 1 aromatic carbocycles. The number of ether oxygens (including phenoxy) is 2. The van der Waals surface area contributed by atoms with Gasteiger partial charge in [0.05, 0.1) is 13.2 Å². The van der Waals surface area contributed by atoms with Crippen LogP contribution in [0.3, 0.4) is 0 Å². The van der Waals surface area contributed by atoms with Crippen LogP contribution in [0.25, 0.3) is 0 Å². The molecule has 224 valence electrons. The van der Waals surface area contributed by atoms with E-state index >= 15 is 0 Å². The average Bonchev–Trinajstić information content (AvgIpc) is 3.33. The topological polar surface area (TPSA) is 158 Å². The van der Waals surface area contributed by atoms with Gasteiger partial charge in [-0.25, -0.2) is 4.79 Å². The molecular formula is C28H43N3O9. The van der Waals surface area contributed by atoms with E-state index in [4.69, 9.17) is 4.74 Å². The quantitative estimate of drug-likeness (QED) is 0.149. The highest BCUT2D eigenvalue weighted by Crippen LogP contribution is 2.40. The first-order valence-electron chi connectivity index (χ1n) is 13.9. The molecule has 5 atom stereocenters. The third kappa shape index (κ3) is 10.4. The van der Waals surface area contributed by atoms with Crippen molar-refractivity contribution >= 4 is 17.8 Å². The summed E-state index contributed by atoms with van der Waals surface area (Å²) in [6.07, 6.45) is 5.92. The van der Waals surface area contributed by atoms with Crippen LogP contribution in [0.15, 0.2) is 30.3 Å². The Kier molecular flexibility index (Phi) is 14.4. The number of likely N-dealkylation sites (tertiary alicyclic amines) is 1. The van der Waals surface area contributed by atoms with Crippen LogP contribution in [0.2, 0.25) is 0 Å². The Morgan fingerprint density at radius 1 is 1.18 bits per heavy atom. The second-order valence-corrected chi connectivity index (χ2v) is 10.1. The van der Waals surface area contributed by atoms with Gasteiger partial charge in [0.1, 0.15) is 18.7 Å². The molecule has 5 unspecified atom stereocenters. The number of nitrogens with one attached hydrogen (secondary N) is 1. The fourth-order valence-corrected chi connectivity index (χ4v) is 5.35. The van der Waals surface area contributed by atoms with Crippen LogP contribution in [0.5, 0.6) is 0 Å². The molecular weight excluding hydrogens is 522 g/mol. The number of aryl methyl sites for hydroxylation is 1. The molecule has 12 heteroatoms. The number of carboxylic acid groups (broad SMARTS) is 1. The van der Waals surface area contributed by atoms with Crippen molar-refractivity contribution in [3.8, 4) is 0 Å². The fourth-order valence-electron chi connectivity index (χ4n) is 5.35. The molecule has 1 heterocycles. The van der Waals surface area contributed by atoms with E-state index in [-0.39, 0.29) is 37.7 Å². The summed E-state index contributed by atoms with van der Waals surface area (Å²) in [5, 5.41) is 21.2. The van der Waals surface area contributed by atoms with E-state index in [0.717, 1.165) is 31.2 Å². The molecule has 3 rings (SSSR count). The van der Waals surface area contributed by atoms with Gasteiger partial charge in [0.25, 0.3) is 5.09 Å². The summed E-state index contributed by atoms with van der Waals surface area (Å²) >= 11 is 0. The summed E-state index contributed by atoms with van der Waals surface area (Å²) in [6.45, 7) is 4.40. The Balaban J connectivity index is 0.000000611. The second-order valence-electron chi connectivity index (χ2n) is 10.1. The zero-order valence-corrected chi connectivity index (χ0v) is 23.7. The Hall–Kier alpha value is -3.25. The average molecular weight is 566 g/mol. The van der Waals surface area contributed by atoms with Crippen LogP contribution >= 0.6 is 0 Å². The third-order valence-electron chi connectivity index (χ3n) is 7.34. The van der Waals surface area contributed by atoms with Gasteiger partial charge in [0.2, 0.25) is 5.91 Å². The van der Waals surface area contributed by atoms with Gasteiger partial charge in [-0.2, -0.15) is 0 Å². The van der Waals surface area contributed by atoms with Crippen LogP contribution in [0.1, 0.15) is 57.9 Å². The number of methoxy groups -OCH3 is 1. The molecule has 1 saturated carbocycles. The number of fused-ring (bicyclic) bond motifs is 1. The van der Waals surface area contributed by atoms with Gasteiger partial charge in [0.15, 0.2) is 0 Å². The largest absolute Gasteiger partial charge is 0.480 e. The number of benzene rings is 1. The lowest BCUT2D eigenvalue weighted by molar-refractivity contribution is -0.758. The van der Waals surface area contributed by atoms with E-state index < -0.39 is 29.1 Å². The monoisotopic (exact) mass is 565 g/mol. The highest BCUT2D eigenvalue weighted by Gasteiger charge is 2.48. The first-order valence-corrected chi connectivity index (χ1v) is 13.9. The Morgan fingerprint density at radius 2 is 1.88 bits per heavy atom. The van der Waals surface area contributed by atoms with Crippen LogP contribution in [0, 0.1) is 22.0 Å². The van der Waals surface area contributed by atoms with Crippen molar-refractivity contribution in [1.29, 1.82) is 0 Å². The smallest absolute Gasteiger partial charge is 0.328 e. The molecule has 1 saturated heterocycles. The van der Waals surface area contributed by atoms with E-state index in [1.54, 1.807) is 11.8 Å². The fraction of sp³-hybridized carbons (Fsp3) is 0.679. The first kappa shape index (κ1) is 33.0. The molecule has 1 aliphatic carbocycles. The van der Waals surface area contributed by atoms with Gasteiger partial charge in [-0.1, -0.05) is 50.1 Å². The number of carbonyl (C=O) groups is 3. The number of carboxylic acids is 1. The van der Waals surface area contributed by atoms with Crippen molar-refractivity contribution < 1.29 is 38.9 Å². The number of amides is 1. The number of hydrogen-bond donors (Lipinski definition) is 2. The molecule has 40 heavy (non-hydrogen) atoms. The molecule has 2 fully saturated rings. The summed E-state index contributed by atoms with van der Waals surface area (Å²) in [4.78, 5) is 52.8. The third-order valence-corrected chi connectivity index (χ3v) is 7.34. The molecule has 2 aliphatic rings. The van der Waals surface area contributed by atoms with Gasteiger partial charge >= 0.3 is 11.9 Å². The highest BCUT2D eigenvalue weighted by molar-refractivity contribution is 5.87. The van der Waals surface area contributed by atoms with Crippen molar-refractivity contribution in [2.24, 2.45) is 11.8 Å². The summed E-state index contributed by atoms with van der Waals surface area (Å²) in [7, 11) is 1.45. The van der Waals surface area contributed by atoms with Crippen LogP contribution in [0.4, 0.5) is 0 Å². The molecule has 12 nitrogen and oxygen atoms in total. The molecule has 0 bridgehead atoms. The predicted molar refractivity (Wildman–Crippen MR) is 146 cm³/mol. The van der Waals surface area contributed by atoms with E-state index in [9.17, 15) is 29.6 Å². The van der Waals surface area contributed by atoms with Crippen molar-refractivity contribution in [3.05, 3.63) is 46.0 Å². The molecule has 1 aromatic rings. The lowest BCUT2D eigenvalue weighted by Gasteiger charge is -2.35. The SMILES string of the molecule is CCOC(=O)C1CC2CCCCC2N1C(=O)C(C)CNC(CCc1ccccc1)C(=O)O.COCCO[N+](=O)[O-]. The van der Waals surface area contributed by atoms with E-state index in [0.29, 0.717) is 31.8 Å². The van der Waals surface area contributed by atoms with Crippen molar-refractivity contribution in [2.75, 3.05) is 33.5 Å². The van der Waals surface area contributed by atoms with E-state index in [2.05, 4.69) is 14.9 Å². The number of esters is 1. The normalized spacial score (nSPS) is 21.3. The minimum absolute atomic E-state index is 0.00347. The Bertz CT molecular complexity index is 946. The van der Waals surface area contributed by atoms with Gasteiger partial charge in [-0.15, -0.1) is 10.1 Å². The van der Waals surface area contributed by atoms with E-state index in [1.807, 2.05) is 37.3 Å². The van der Waals surface area contributed by atoms with Gasteiger partial charge in [-0.3, -0.25) is 9.59 Å². The summed E-state index contributed by atoms with van der Waals surface area (Å²) in [5.41, 5.74) is 1.09. The lowest BCUT2D eigenvalue weighted by atomic mass is 9.84. The summed E-state index contributed by atoms with van der Waals surface area (Å²) in [6, 6.07) is 8.60. The lowest BCUT2D eigenvalue weighted by Crippen LogP contribution is -2.51. The first-order chi connectivity index (χ1) is 19.2. The number of aliphatic carboxylic acids is 1. The number of rotatable bonds is 14. The second kappa shape index (κ2) is 17.4. The summed E-state index contributed by atoms with van der Waals surface area (Å²) in [5.74, 6) is -1.40. The Labute approximate surface area is 235 Å². The molecule has 0 aromatic heterocycles. The molecule has 2 N–H and O–H groups in total. The standard InChI is InChI=1S/C25H36N2O5.C3H7NO4/c1-3-32-25(31)22-15-19-11-7-8-12-21(19)27(22)23(28)17(2)16-26-20(24(29)30)14-13-18-9-5-4-6-10-18;1-7-2-3-8-4(5)6/h4-6,9-10,17,19-22,26H,3,7-8,11-16H2,1-2H3,(H,29,30);2-3H2,1H3. The maximum atomic E-state index is 13.4. The molecule has 1 aliphatic heterocycles. The zero-order chi connectivity index (χ0) is 29.5. The zero-order valence-electron chi connectivity index (χ0n) is 23.7. The van der Waals surface area contributed by atoms with Crippen molar-refractivity contribution in [3.63, 3.8) is 0 Å². The maximum Gasteiger partial charge on any atom is 0.328 e. The summed E-state index contributed by atoms with van der Waals surface area (Å²) < 4.78 is 9.73. The van der Waals surface area contributed by atoms with Crippen LogP contribution < -0.4 is 5.32 Å². The van der Waals surface area contributed by atoms with Crippen molar-refractivity contribution in [1.82, 2.24) is 10.2 Å². The number of hydrogen-bond acceptors (Lipinski definition) is 9. The van der Waals surface area contributed by atoms with E-state index in [1.165, 1.54) is 7.11 Å². The van der Waals surface area contributed by atoms with Crippen LogP contribution in [-0.4, -0.2) is 84.5 Å². The highest BCUT2D eigenvalue weighted by atomic mass is 17.0. The minimum atomic E-state index is -0.918. The van der Waals surface area contributed by atoms with Crippen LogP contribution in [-0.2, 0) is 35.1 Å². The van der Waals surface area contributed by atoms with Gasteiger partial charge in [0, 0.05) is 25.6 Å². The molecule has 0 radical (unpaired) electrons. The number of carbonyl (C=O) groups excluding carboxylic acids is 2.